The first-order valence-electron chi connectivity index (χ1n) is 4.34. The third-order valence-electron chi connectivity index (χ3n) is 1.57. The summed E-state index contributed by atoms with van der Waals surface area (Å²) in [6.45, 7) is 3.76. The van der Waals surface area contributed by atoms with Crippen LogP contribution in [0.3, 0.4) is 0 Å². The molecule has 1 aromatic rings. The Morgan fingerprint density at radius 1 is 1.71 bits per heavy atom. The molecule has 0 unspecified atom stereocenters. The van der Waals surface area contributed by atoms with E-state index < -0.39 is 0 Å². The molecule has 1 heterocycles. The highest BCUT2D eigenvalue weighted by Gasteiger charge is 2.06. The summed E-state index contributed by atoms with van der Waals surface area (Å²) in [4.78, 5) is 11.5. The number of amides is 1. The van der Waals surface area contributed by atoms with E-state index in [0.717, 1.165) is 8.45 Å². The topological polar surface area (TPSA) is 38.3 Å². The minimum Gasteiger partial charge on any atom is -0.380 e. The molecule has 0 aliphatic carbocycles. The molecule has 0 saturated heterocycles. The Morgan fingerprint density at radius 3 is 3.07 bits per heavy atom. The second kappa shape index (κ2) is 6.36. The number of carbonyl (C=O) groups is 1. The van der Waals surface area contributed by atoms with E-state index in [1.165, 1.54) is 0 Å². The van der Waals surface area contributed by atoms with E-state index in [0.29, 0.717) is 19.8 Å². The summed E-state index contributed by atoms with van der Waals surface area (Å²) in [7, 11) is 0. The van der Waals surface area contributed by atoms with Gasteiger partial charge in [0.25, 0.3) is 5.91 Å². The fraction of sp³-hybridized carbons (Fsp3) is 0.444. The number of thiophene rings is 1. The predicted octanol–water partition coefficient (Wildman–Crippen LogP) is 2.12. The van der Waals surface area contributed by atoms with Crippen LogP contribution < -0.4 is 5.32 Å². The molecule has 0 bridgehead atoms. The van der Waals surface area contributed by atoms with Gasteiger partial charge in [-0.05, 0) is 35.6 Å². The number of rotatable bonds is 5. The fourth-order valence-electron chi connectivity index (χ4n) is 0.912. The second-order valence-electron chi connectivity index (χ2n) is 2.59. The van der Waals surface area contributed by atoms with Crippen LogP contribution in [0.15, 0.2) is 11.4 Å². The Bertz CT molecular complexity index is 301. The maximum Gasteiger partial charge on any atom is 0.252 e. The Labute approximate surface area is 101 Å². The number of carbonyl (C=O) groups excluding carboxylic acids is 1. The van der Waals surface area contributed by atoms with Crippen molar-refractivity contribution in [1.82, 2.24) is 5.32 Å². The first-order chi connectivity index (χ1) is 6.74. The normalized spacial score (nSPS) is 10.1. The summed E-state index contributed by atoms with van der Waals surface area (Å²) >= 11 is 3.77. The van der Waals surface area contributed by atoms with Crippen LogP contribution in [-0.2, 0) is 4.74 Å². The molecule has 1 amide bonds. The van der Waals surface area contributed by atoms with Gasteiger partial charge in [-0.25, -0.2) is 0 Å². The zero-order chi connectivity index (χ0) is 10.4. The molecule has 14 heavy (non-hydrogen) atoms. The molecule has 0 aromatic carbocycles. The van der Waals surface area contributed by atoms with Gasteiger partial charge in [-0.2, -0.15) is 0 Å². The molecule has 1 aromatic heterocycles. The number of nitrogens with one attached hydrogen (secondary N) is 1. The van der Waals surface area contributed by atoms with Crippen molar-refractivity contribution in [2.24, 2.45) is 0 Å². The van der Waals surface area contributed by atoms with Gasteiger partial charge in [-0.1, -0.05) is 0 Å². The molecule has 78 valence electrons. The first-order valence-corrected chi connectivity index (χ1v) is 6.30. The van der Waals surface area contributed by atoms with E-state index in [1.54, 1.807) is 11.3 Å². The Morgan fingerprint density at radius 2 is 2.50 bits per heavy atom. The summed E-state index contributed by atoms with van der Waals surface area (Å²) in [6.07, 6.45) is 0. The van der Waals surface area contributed by atoms with Crippen LogP contribution in [-0.4, -0.2) is 25.7 Å². The van der Waals surface area contributed by atoms with Crippen LogP contribution >= 0.6 is 33.9 Å². The summed E-state index contributed by atoms with van der Waals surface area (Å²) in [5.41, 5.74) is 0.732. The average molecular weight is 325 g/mol. The summed E-state index contributed by atoms with van der Waals surface area (Å²) in [5, 5.41) is 4.65. The molecule has 1 rings (SSSR count). The highest BCUT2D eigenvalue weighted by Crippen LogP contribution is 2.16. The van der Waals surface area contributed by atoms with Crippen LogP contribution in [0.5, 0.6) is 0 Å². The molecule has 1 N–H and O–H groups in total. The van der Waals surface area contributed by atoms with Gasteiger partial charge in [0.2, 0.25) is 0 Å². The minimum atomic E-state index is -0.0242. The van der Waals surface area contributed by atoms with Crippen molar-refractivity contribution >= 4 is 39.8 Å². The lowest BCUT2D eigenvalue weighted by molar-refractivity contribution is 0.0923. The van der Waals surface area contributed by atoms with Crippen LogP contribution in [0.4, 0.5) is 0 Å². The van der Waals surface area contributed by atoms with Crippen molar-refractivity contribution in [3.63, 3.8) is 0 Å². The number of hydrogen-bond acceptors (Lipinski definition) is 3. The lowest BCUT2D eigenvalue weighted by Gasteiger charge is -2.02. The van der Waals surface area contributed by atoms with Gasteiger partial charge in [0.1, 0.15) is 0 Å². The highest BCUT2D eigenvalue weighted by molar-refractivity contribution is 14.1. The molecule has 0 spiro atoms. The van der Waals surface area contributed by atoms with Crippen molar-refractivity contribution < 1.29 is 9.53 Å². The van der Waals surface area contributed by atoms with Gasteiger partial charge in [0.15, 0.2) is 0 Å². The van der Waals surface area contributed by atoms with Gasteiger partial charge >= 0.3 is 0 Å². The second-order valence-corrected chi connectivity index (χ2v) is 5.40. The van der Waals surface area contributed by atoms with E-state index in [-0.39, 0.29) is 5.91 Å². The molecule has 0 fully saturated rings. The standard InChI is InChI=1S/C9H12INO2S/c1-2-13-4-3-11-9(12)7-5-8(10)14-6-7/h5-6H,2-4H2,1H3,(H,11,12). The van der Waals surface area contributed by atoms with E-state index in [1.807, 2.05) is 18.4 Å². The summed E-state index contributed by atoms with van der Waals surface area (Å²) in [5.74, 6) is -0.0242. The van der Waals surface area contributed by atoms with E-state index >= 15 is 0 Å². The van der Waals surface area contributed by atoms with Gasteiger partial charge in [0.05, 0.1) is 15.1 Å². The van der Waals surface area contributed by atoms with E-state index in [2.05, 4.69) is 27.9 Å². The Balaban J connectivity index is 2.29. The minimum absolute atomic E-state index is 0.0242. The van der Waals surface area contributed by atoms with E-state index in [9.17, 15) is 4.79 Å². The Hall–Kier alpha value is -0.140. The molecule has 0 aliphatic heterocycles. The molecule has 5 heteroatoms. The van der Waals surface area contributed by atoms with Gasteiger partial charge < -0.3 is 10.1 Å². The average Bonchev–Trinajstić information content (AvgIpc) is 2.59. The Kier molecular flexibility index (Phi) is 5.42. The molecule has 0 atom stereocenters. The van der Waals surface area contributed by atoms with Crippen LogP contribution in [0.25, 0.3) is 0 Å². The van der Waals surface area contributed by atoms with Gasteiger partial charge in [-0.3, -0.25) is 4.79 Å². The molecule has 3 nitrogen and oxygen atoms in total. The molecule has 0 aliphatic rings. The van der Waals surface area contributed by atoms with Crippen molar-refractivity contribution in [3.05, 3.63) is 19.9 Å². The fourth-order valence-corrected chi connectivity index (χ4v) is 2.24. The first kappa shape index (κ1) is 11.9. The zero-order valence-electron chi connectivity index (χ0n) is 7.88. The van der Waals surface area contributed by atoms with Crippen molar-refractivity contribution in [1.29, 1.82) is 0 Å². The molecule has 0 saturated carbocycles. The lowest BCUT2D eigenvalue weighted by atomic mass is 10.3. The smallest absolute Gasteiger partial charge is 0.252 e. The maximum absolute atomic E-state index is 11.5. The summed E-state index contributed by atoms with van der Waals surface area (Å²) < 4.78 is 6.23. The maximum atomic E-state index is 11.5. The monoisotopic (exact) mass is 325 g/mol. The number of halogens is 1. The van der Waals surface area contributed by atoms with Crippen LogP contribution in [0.1, 0.15) is 17.3 Å². The number of ether oxygens (including phenoxy) is 1. The largest absolute Gasteiger partial charge is 0.380 e. The predicted molar refractivity (Wildman–Crippen MR) is 65.9 cm³/mol. The quantitative estimate of drug-likeness (QED) is 0.665. The van der Waals surface area contributed by atoms with Crippen molar-refractivity contribution in [2.45, 2.75) is 6.92 Å². The zero-order valence-corrected chi connectivity index (χ0v) is 10.9. The lowest BCUT2D eigenvalue weighted by Crippen LogP contribution is -2.26. The number of hydrogen-bond donors (Lipinski definition) is 1. The molecular weight excluding hydrogens is 313 g/mol. The van der Waals surface area contributed by atoms with Crippen LogP contribution in [0.2, 0.25) is 0 Å². The third-order valence-corrected chi connectivity index (χ3v) is 3.35. The SMILES string of the molecule is CCOCCNC(=O)c1csc(I)c1. The van der Waals surface area contributed by atoms with Crippen molar-refractivity contribution in [3.8, 4) is 0 Å². The highest BCUT2D eigenvalue weighted by atomic mass is 127. The summed E-state index contributed by atoms with van der Waals surface area (Å²) in [6, 6.07) is 1.88. The van der Waals surface area contributed by atoms with Gasteiger partial charge in [-0.15, -0.1) is 11.3 Å². The van der Waals surface area contributed by atoms with Gasteiger partial charge in [0, 0.05) is 18.5 Å². The van der Waals surface area contributed by atoms with Crippen LogP contribution in [0, 0.1) is 2.88 Å². The van der Waals surface area contributed by atoms with Crippen molar-refractivity contribution in [2.75, 3.05) is 19.8 Å². The molecule has 0 radical (unpaired) electrons. The molecular formula is C9H12INO2S. The van der Waals surface area contributed by atoms with E-state index in [4.69, 9.17) is 4.74 Å². The third kappa shape index (κ3) is 3.93.